The molecule has 0 bridgehead atoms. The van der Waals surface area contributed by atoms with E-state index >= 15 is 0 Å². The molecule has 1 aliphatic heterocycles. The minimum atomic E-state index is -3.64. The van der Waals surface area contributed by atoms with Crippen LogP contribution in [0.25, 0.3) is 16.6 Å². The Labute approximate surface area is 196 Å². The molecule has 0 spiro atoms. The number of aromatic nitrogens is 5. The molecule has 0 saturated heterocycles. The standard InChI is InChI=1S/C23H23FN6O3S/c1-4-34(31,32)22-21-18(16-9-25-14(3)29-13(16)2)11-27-23(30(21)12-28-22)26-10-17-15-7-8-33-20(15)6-5-19(17)24/h5-6,9,11-12H,4,7-8,10H2,1-3H3,(H,26,27). The second kappa shape index (κ2) is 8.32. The van der Waals surface area contributed by atoms with Crippen LogP contribution >= 0.6 is 0 Å². The van der Waals surface area contributed by atoms with Crippen molar-refractivity contribution in [3.63, 3.8) is 0 Å². The first-order chi connectivity index (χ1) is 16.3. The summed E-state index contributed by atoms with van der Waals surface area (Å²) in [6.07, 6.45) is 5.27. The van der Waals surface area contributed by atoms with Crippen molar-refractivity contribution in [3.8, 4) is 16.9 Å². The van der Waals surface area contributed by atoms with Gasteiger partial charge in [0.15, 0.2) is 14.9 Å². The van der Waals surface area contributed by atoms with E-state index < -0.39 is 9.84 Å². The maximum Gasteiger partial charge on any atom is 0.209 e. The number of anilines is 1. The van der Waals surface area contributed by atoms with Gasteiger partial charge in [0.25, 0.3) is 0 Å². The summed E-state index contributed by atoms with van der Waals surface area (Å²) in [6.45, 7) is 5.86. The van der Waals surface area contributed by atoms with Crippen LogP contribution in [0.1, 0.15) is 29.6 Å². The lowest BCUT2D eigenvalue weighted by molar-refractivity contribution is 0.356. The van der Waals surface area contributed by atoms with Crippen LogP contribution in [0.15, 0.2) is 35.9 Å². The van der Waals surface area contributed by atoms with Crippen LogP contribution in [-0.4, -0.2) is 45.1 Å². The zero-order valence-electron chi connectivity index (χ0n) is 19.0. The number of aryl methyl sites for hydroxylation is 2. The van der Waals surface area contributed by atoms with Crippen LogP contribution in [0, 0.1) is 19.7 Å². The van der Waals surface area contributed by atoms with E-state index in [1.807, 2.05) is 6.92 Å². The fourth-order valence-corrected chi connectivity index (χ4v) is 5.18. The summed E-state index contributed by atoms with van der Waals surface area (Å²) in [5, 5.41) is 3.10. The van der Waals surface area contributed by atoms with Gasteiger partial charge < -0.3 is 10.1 Å². The first kappa shape index (κ1) is 22.2. The fraction of sp³-hybridized carbons (Fsp3) is 0.304. The van der Waals surface area contributed by atoms with Crippen molar-refractivity contribution in [1.29, 1.82) is 0 Å². The molecule has 0 amide bonds. The van der Waals surface area contributed by atoms with E-state index in [1.54, 1.807) is 36.7 Å². The molecule has 5 rings (SSSR count). The molecule has 1 aliphatic rings. The summed E-state index contributed by atoms with van der Waals surface area (Å²) in [4.78, 5) is 17.4. The number of rotatable bonds is 6. The molecular formula is C23H23FN6O3S. The molecule has 0 saturated carbocycles. The molecule has 0 aliphatic carbocycles. The fourth-order valence-electron chi connectivity index (χ4n) is 4.20. The van der Waals surface area contributed by atoms with E-state index in [-0.39, 0.29) is 23.1 Å². The van der Waals surface area contributed by atoms with Crippen molar-refractivity contribution in [2.24, 2.45) is 0 Å². The number of nitrogens with zero attached hydrogens (tertiary/aromatic N) is 5. The molecule has 34 heavy (non-hydrogen) atoms. The molecule has 1 aromatic carbocycles. The lowest BCUT2D eigenvalue weighted by Gasteiger charge is -2.14. The van der Waals surface area contributed by atoms with Gasteiger partial charge in [-0.05, 0) is 26.0 Å². The van der Waals surface area contributed by atoms with Gasteiger partial charge in [-0.25, -0.2) is 32.7 Å². The Morgan fingerprint density at radius 1 is 1.15 bits per heavy atom. The van der Waals surface area contributed by atoms with Crippen LogP contribution in [0.4, 0.5) is 10.3 Å². The number of ether oxygens (including phenoxy) is 1. The Kier molecular flexibility index (Phi) is 5.43. The second-order valence-electron chi connectivity index (χ2n) is 8.04. The van der Waals surface area contributed by atoms with E-state index in [4.69, 9.17) is 4.74 Å². The summed E-state index contributed by atoms with van der Waals surface area (Å²) in [6, 6.07) is 3.02. The van der Waals surface area contributed by atoms with Gasteiger partial charge in [-0.15, -0.1) is 0 Å². The van der Waals surface area contributed by atoms with Crippen molar-refractivity contribution in [2.75, 3.05) is 17.7 Å². The van der Waals surface area contributed by atoms with Gasteiger partial charge in [0.1, 0.15) is 23.7 Å². The van der Waals surface area contributed by atoms with Gasteiger partial charge in [-0.1, -0.05) is 6.92 Å². The normalized spacial score (nSPS) is 13.2. The highest BCUT2D eigenvalue weighted by atomic mass is 32.2. The van der Waals surface area contributed by atoms with Crippen LogP contribution in [0.3, 0.4) is 0 Å². The zero-order valence-corrected chi connectivity index (χ0v) is 19.8. The van der Waals surface area contributed by atoms with Crippen molar-refractivity contribution >= 4 is 21.3 Å². The molecule has 0 atom stereocenters. The topological polar surface area (TPSA) is 111 Å². The average Bonchev–Trinajstić information content (AvgIpc) is 3.47. The van der Waals surface area contributed by atoms with E-state index in [2.05, 4.69) is 25.3 Å². The summed E-state index contributed by atoms with van der Waals surface area (Å²) < 4.78 is 47.4. The molecule has 9 nitrogen and oxygen atoms in total. The Balaban J connectivity index is 1.64. The number of nitrogens with one attached hydrogen (secondary N) is 1. The van der Waals surface area contributed by atoms with Gasteiger partial charge in [-0.3, -0.25) is 4.40 Å². The van der Waals surface area contributed by atoms with Gasteiger partial charge in [0, 0.05) is 53.3 Å². The highest BCUT2D eigenvalue weighted by Gasteiger charge is 2.25. The van der Waals surface area contributed by atoms with Crippen LogP contribution in [-0.2, 0) is 22.8 Å². The summed E-state index contributed by atoms with van der Waals surface area (Å²) in [5.74, 6) is 1.19. The number of fused-ring (bicyclic) bond motifs is 2. The third-order valence-corrected chi connectivity index (χ3v) is 7.61. The quantitative estimate of drug-likeness (QED) is 0.446. The number of halogens is 1. The monoisotopic (exact) mass is 482 g/mol. The highest BCUT2D eigenvalue weighted by Crippen LogP contribution is 2.33. The summed E-state index contributed by atoms with van der Waals surface area (Å²) >= 11 is 0. The maximum absolute atomic E-state index is 14.6. The smallest absolute Gasteiger partial charge is 0.209 e. The molecule has 4 aromatic rings. The number of imidazole rings is 1. The average molecular weight is 483 g/mol. The number of sulfone groups is 1. The third kappa shape index (κ3) is 3.65. The van der Waals surface area contributed by atoms with Gasteiger partial charge in [0.05, 0.1) is 17.9 Å². The van der Waals surface area contributed by atoms with Gasteiger partial charge >= 0.3 is 0 Å². The molecule has 11 heteroatoms. The van der Waals surface area contributed by atoms with E-state index in [9.17, 15) is 12.8 Å². The SMILES string of the molecule is CCS(=O)(=O)c1ncn2c(NCc3c(F)ccc4c3CCO4)ncc(-c3cnc(C)nc3C)c12. The Morgan fingerprint density at radius 3 is 2.71 bits per heavy atom. The second-order valence-corrected chi connectivity index (χ2v) is 10.2. The van der Waals surface area contributed by atoms with Crippen molar-refractivity contribution in [2.45, 2.75) is 38.8 Å². The maximum atomic E-state index is 14.6. The molecule has 4 heterocycles. The minimum Gasteiger partial charge on any atom is -0.493 e. The minimum absolute atomic E-state index is 0.0457. The first-order valence-electron chi connectivity index (χ1n) is 10.9. The Bertz CT molecular complexity index is 1530. The summed E-state index contributed by atoms with van der Waals surface area (Å²) in [7, 11) is -3.64. The van der Waals surface area contributed by atoms with Gasteiger partial charge in [0.2, 0.25) is 5.95 Å². The van der Waals surface area contributed by atoms with E-state index in [0.717, 1.165) is 5.56 Å². The van der Waals surface area contributed by atoms with Crippen LogP contribution in [0.5, 0.6) is 5.75 Å². The van der Waals surface area contributed by atoms with E-state index in [1.165, 1.54) is 12.4 Å². The number of hydrogen-bond acceptors (Lipinski definition) is 8. The lowest BCUT2D eigenvalue weighted by atomic mass is 10.0. The first-order valence-corrected chi connectivity index (χ1v) is 12.5. The predicted molar refractivity (Wildman–Crippen MR) is 124 cm³/mol. The number of hydrogen-bond donors (Lipinski definition) is 1. The van der Waals surface area contributed by atoms with Crippen molar-refractivity contribution in [1.82, 2.24) is 24.3 Å². The molecule has 0 fully saturated rings. The van der Waals surface area contributed by atoms with Crippen molar-refractivity contribution < 1.29 is 17.5 Å². The Hall–Kier alpha value is -3.60. The Morgan fingerprint density at radius 2 is 1.94 bits per heavy atom. The van der Waals surface area contributed by atoms with E-state index in [0.29, 0.717) is 58.5 Å². The third-order valence-electron chi connectivity index (χ3n) is 5.96. The zero-order chi connectivity index (χ0) is 24.0. The lowest BCUT2D eigenvalue weighted by Crippen LogP contribution is -2.11. The molecule has 176 valence electrons. The van der Waals surface area contributed by atoms with Gasteiger partial charge in [-0.2, -0.15) is 0 Å². The number of benzene rings is 1. The molecule has 3 aromatic heterocycles. The molecule has 1 N–H and O–H groups in total. The predicted octanol–water partition coefficient (Wildman–Crippen LogP) is 3.28. The van der Waals surface area contributed by atoms with Crippen LogP contribution < -0.4 is 10.1 Å². The molecular weight excluding hydrogens is 459 g/mol. The molecule has 0 unspecified atom stereocenters. The van der Waals surface area contributed by atoms with Crippen LogP contribution in [0.2, 0.25) is 0 Å². The van der Waals surface area contributed by atoms with Crippen molar-refractivity contribution in [3.05, 3.63) is 59.3 Å². The summed E-state index contributed by atoms with van der Waals surface area (Å²) in [5.41, 5.74) is 3.60. The molecule has 0 radical (unpaired) electrons. The highest BCUT2D eigenvalue weighted by molar-refractivity contribution is 7.91. The largest absolute Gasteiger partial charge is 0.493 e.